The topological polar surface area (TPSA) is 163 Å². The van der Waals surface area contributed by atoms with Crippen molar-refractivity contribution in [3.63, 3.8) is 0 Å². The predicted molar refractivity (Wildman–Crippen MR) is 213 cm³/mol. The normalized spacial score (nSPS) is 11.0. The van der Waals surface area contributed by atoms with Gasteiger partial charge in [-0.15, -0.1) is 0 Å². The molecule has 316 valence electrons. The molecule has 0 radical (unpaired) electrons. The molecule has 0 heterocycles. The Bertz CT molecular complexity index is 1110. The fourth-order valence-electron chi connectivity index (χ4n) is 5.29. The molecule has 0 aliphatic rings. The highest BCUT2D eigenvalue weighted by molar-refractivity contribution is 5.89. The smallest absolute Gasteiger partial charge is 0.337 e. The molecule has 1 aromatic carbocycles. The molecule has 0 bridgehead atoms. The van der Waals surface area contributed by atoms with Crippen molar-refractivity contribution in [3.05, 3.63) is 29.8 Å². The summed E-state index contributed by atoms with van der Waals surface area (Å²) in [5.74, 6) is 0.408. The van der Waals surface area contributed by atoms with Crippen LogP contribution in [0, 0.1) is 0 Å². The summed E-state index contributed by atoms with van der Waals surface area (Å²) in [5.41, 5.74) is 0.508. The molecule has 0 unspecified atom stereocenters. The molecular weight excluding hydrogens is 708 g/mol. The fourth-order valence-corrected chi connectivity index (χ4v) is 5.29. The van der Waals surface area contributed by atoms with Crippen LogP contribution in [0.5, 0.6) is 5.75 Å². The summed E-state index contributed by atoms with van der Waals surface area (Å²) in [7, 11) is 3.17. The van der Waals surface area contributed by atoms with Crippen LogP contribution in [0.2, 0.25) is 0 Å². The Labute approximate surface area is 330 Å². The minimum atomic E-state index is -0.355. The molecule has 14 nitrogen and oxygen atoms in total. The van der Waals surface area contributed by atoms with E-state index in [0.717, 1.165) is 89.5 Å². The van der Waals surface area contributed by atoms with Gasteiger partial charge in [-0.1, -0.05) is 45.4 Å². The molecule has 0 fully saturated rings. The van der Waals surface area contributed by atoms with E-state index in [-0.39, 0.29) is 30.3 Å². The molecule has 0 atom stereocenters. The van der Waals surface area contributed by atoms with Gasteiger partial charge in [0.2, 0.25) is 17.7 Å². The summed E-state index contributed by atoms with van der Waals surface area (Å²) >= 11 is 0. The predicted octanol–water partition coefficient (Wildman–Crippen LogP) is 4.68. The van der Waals surface area contributed by atoms with E-state index in [0.29, 0.717) is 97.3 Å². The second-order valence-electron chi connectivity index (χ2n) is 13.4. The zero-order chi connectivity index (χ0) is 40.0. The first-order valence-corrected chi connectivity index (χ1v) is 20.5. The van der Waals surface area contributed by atoms with Gasteiger partial charge in [0, 0.05) is 52.7 Å². The summed E-state index contributed by atoms with van der Waals surface area (Å²) < 4.78 is 32.4. The summed E-state index contributed by atoms with van der Waals surface area (Å²) in [6.45, 7) is 9.78. The zero-order valence-corrected chi connectivity index (χ0v) is 34.1. The molecule has 0 spiro atoms. The monoisotopic (exact) mass is 781 g/mol. The molecular formula is C41H72N4O10. The van der Waals surface area contributed by atoms with Crippen LogP contribution >= 0.6 is 0 Å². The van der Waals surface area contributed by atoms with E-state index in [9.17, 15) is 19.2 Å². The van der Waals surface area contributed by atoms with Gasteiger partial charge in [-0.05, 0) is 69.3 Å². The minimum absolute atomic E-state index is 0.0327. The maximum Gasteiger partial charge on any atom is 0.337 e. The lowest BCUT2D eigenvalue weighted by Crippen LogP contribution is -2.30. The van der Waals surface area contributed by atoms with E-state index in [1.165, 1.54) is 7.11 Å². The Morgan fingerprint density at radius 3 is 1.91 bits per heavy atom. The molecule has 0 saturated heterocycles. The number of benzene rings is 1. The van der Waals surface area contributed by atoms with Crippen molar-refractivity contribution >= 4 is 23.7 Å². The van der Waals surface area contributed by atoms with Crippen molar-refractivity contribution in [1.29, 1.82) is 0 Å². The van der Waals surface area contributed by atoms with Gasteiger partial charge < -0.3 is 49.3 Å². The van der Waals surface area contributed by atoms with Crippen LogP contribution in [0.3, 0.4) is 0 Å². The molecule has 0 saturated carbocycles. The van der Waals surface area contributed by atoms with Gasteiger partial charge in [-0.25, -0.2) is 4.79 Å². The summed E-state index contributed by atoms with van der Waals surface area (Å²) in [6.07, 6.45) is 12.9. The largest absolute Gasteiger partial charge is 0.494 e. The van der Waals surface area contributed by atoms with Gasteiger partial charge in [0.1, 0.15) is 12.4 Å². The molecule has 0 aliphatic heterocycles. The maximum absolute atomic E-state index is 12.4. The third kappa shape index (κ3) is 30.6. The second kappa shape index (κ2) is 36.3. The molecule has 3 N–H and O–H groups in total. The zero-order valence-electron chi connectivity index (χ0n) is 34.1. The highest BCUT2D eigenvalue weighted by Crippen LogP contribution is 2.14. The second-order valence-corrected chi connectivity index (χ2v) is 13.4. The van der Waals surface area contributed by atoms with Crippen molar-refractivity contribution in [2.45, 2.75) is 96.8 Å². The lowest BCUT2D eigenvalue weighted by Gasteiger charge is -2.17. The fraction of sp³-hybridized carbons (Fsp3) is 0.756. The highest BCUT2D eigenvalue weighted by Gasteiger charge is 2.10. The van der Waals surface area contributed by atoms with Gasteiger partial charge in [-0.3, -0.25) is 14.4 Å². The van der Waals surface area contributed by atoms with Gasteiger partial charge in [-0.2, -0.15) is 0 Å². The lowest BCUT2D eigenvalue weighted by atomic mass is 10.1. The number of esters is 1. The Morgan fingerprint density at radius 2 is 1.20 bits per heavy atom. The lowest BCUT2D eigenvalue weighted by molar-refractivity contribution is -0.130. The van der Waals surface area contributed by atoms with E-state index >= 15 is 0 Å². The van der Waals surface area contributed by atoms with Crippen LogP contribution in [0.4, 0.5) is 0 Å². The van der Waals surface area contributed by atoms with Crippen LogP contribution in [-0.4, -0.2) is 135 Å². The number of hydrogen-bond donors (Lipinski definition) is 3. The molecule has 1 aromatic rings. The number of amides is 3. The number of nitrogens with zero attached hydrogens (tertiary/aromatic N) is 1. The van der Waals surface area contributed by atoms with Crippen LogP contribution in [0.15, 0.2) is 24.3 Å². The van der Waals surface area contributed by atoms with E-state index in [1.807, 2.05) is 0 Å². The van der Waals surface area contributed by atoms with Crippen molar-refractivity contribution in [1.82, 2.24) is 20.9 Å². The summed E-state index contributed by atoms with van der Waals surface area (Å²) in [4.78, 5) is 49.3. The Hall–Kier alpha value is -3.30. The number of carbonyl (C=O) groups is 4. The molecule has 55 heavy (non-hydrogen) atoms. The third-order valence-electron chi connectivity index (χ3n) is 8.62. The molecule has 0 aliphatic carbocycles. The Morgan fingerprint density at radius 1 is 0.582 bits per heavy atom. The van der Waals surface area contributed by atoms with Crippen molar-refractivity contribution in [2.24, 2.45) is 0 Å². The van der Waals surface area contributed by atoms with E-state index < -0.39 is 0 Å². The van der Waals surface area contributed by atoms with Crippen molar-refractivity contribution in [2.75, 3.05) is 106 Å². The average molecular weight is 781 g/mol. The number of ether oxygens (including phenoxy) is 6. The van der Waals surface area contributed by atoms with Gasteiger partial charge in [0.15, 0.2) is 0 Å². The van der Waals surface area contributed by atoms with Crippen molar-refractivity contribution < 1.29 is 47.6 Å². The SMILES string of the molecule is CCCCNC(=O)COCCOCCNCCCCOCCOCCNC(=O)CCCN(C)C(=O)CCCCCCCCCOc1ccc(C(=O)OC)cc1. The van der Waals surface area contributed by atoms with E-state index in [1.54, 1.807) is 36.2 Å². The van der Waals surface area contributed by atoms with E-state index in [4.69, 9.17) is 28.4 Å². The van der Waals surface area contributed by atoms with Crippen molar-refractivity contribution in [3.8, 4) is 5.75 Å². The number of rotatable bonds is 38. The standard InChI is InChI=1S/C41H72N4O10/c1-4-5-23-43-39(47)35-54-34-33-52-29-24-42-22-12-14-27-51-31-32-53-30-25-44-38(46)16-15-26-45(2)40(48)17-11-9-7-6-8-10-13-28-55-37-20-18-36(19-21-37)41(49)50-3/h18-21,42H,4-17,22-35H2,1-3H3,(H,43,47)(H,44,46). The first-order chi connectivity index (χ1) is 26.9. The van der Waals surface area contributed by atoms with Gasteiger partial charge in [0.05, 0.1) is 58.9 Å². The number of hydrogen-bond acceptors (Lipinski definition) is 11. The van der Waals surface area contributed by atoms with Gasteiger partial charge >= 0.3 is 5.97 Å². The average Bonchev–Trinajstić information content (AvgIpc) is 3.19. The third-order valence-corrected chi connectivity index (χ3v) is 8.62. The number of nitrogens with one attached hydrogen (secondary N) is 3. The summed E-state index contributed by atoms with van der Waals surface area (Å²) in [6, 6.07) is 6.97. The van der Waals surface area contributed by atoms with Crippen LogP contribution in [0.25, 0.3) is 0 Å². The summed E-state index contributed by atoms with van der Waals surface area (Å²) in [5, 5.41) is 9.01. The van der Waals surface area contributed by atoms with Crippen LogP contribution in [0.1, 0.15) is 107 Å². The molecule has 0 aromatic heterocycles. The molecule has 3 amide bonds. The first-order valence-electron chi connectivity index (χ1n) is 20.5. The van der Waals surface area contributed by atoms with E-state index in [2.05, 4.69) is 22.9 Å². The Kier molecular flexibility index (Phi) is 32.9. The maximum atomic E-state index is 12.4. The van der Waals surface area contributed by atoms with Crippen LogP contribution in [-0.2, 0) is 38.1 Å². The number of unbranched alkanes of at least 4 members (excludes halogenated alkanes) is 8. The molecule has 14 heteroatoms. The van der Waals surface area contributed by atoms with Gasteiger partial charge in [0.25, 0.3) is 0 Å². The van der Waals surface area contributed by atoms with Crippen LogP contribution < -0.4 is 20.7 Å². The number of carbonyl (C=O) groups excluding carboxylic acids is 4. The number of methoxy groups -OCH3 is 1. The minimum Gasteiger partial charge on any atom is -0.494 e. The first kappa shape index (κ1) is 49.7. The Balaban J connectivity index is 1.80. The molecule has 1 rings (SSSR count). The quantitative estimate of drug-likeness (QED) is 0.0631. The highest BCUT2D eigenvalue weighted by atomic mass is 16.5.